The zero-order valence-electron chi connectivity index (χ0n) is 22.5. The van der Waals surface area contributed by atoms with Gasteiger partial charge in [0.1, 0.15) is 11.5 Å². The van der Waals surface area contributed by atoms with Crippen LogP contribution in [0.15, 0.2) is 95.4 Å². The molecule has 6 nitrogen and oxygen atoms in total. The number of hydrogen-bond acceptors (Lipinski definition) is 5. The first-order valence-electron chi connectivity index (χ1n) is 12.8. The fourth-order valence-electron chi connectivity index (χ4n) is 3.80. The SMILES string of the molecule is CCCCCC[O][Sb](=[O])([O-])[F].COc1ccc(-c2cc(-c3ccccc3)cc(-c3ccc(OC)cc3)[o+]2)cc1. The Morgan fingerprint density at radius 1 is 0.718 bits per heavy atom. The van der Waals surface area contributed by atoms with Crippen LogP contribution in [-0.2, 0) is 6.03 Å². The van der Waals surface area contributed by atoms with Crippen LogP contribution in [-0.4, -0.2) is 41.0 Å². The van der Waals surface area contributed by atoms with Crippen molar-refractivity contribution >= 4 is 20.2 Å². The predicted molar refractivity (Wildman–Crippen MR) is 150 cm³/mol. The molecular formula is C31H34FO6Sb. The molecule has 0 saturated carbocycles. The van der Waals surface area contributed by atoms with Crippen molar-refractivity contribution in [1.29, 1.82) is 0 Å². The van der Waals surface area contributed by atoms with Crippen LogP contribution in [0.5, 0.6) is 11.5 Å². The van der Waals surface area contributed by atoms with Gasteiger partial charge in [-0.25, -0.2) is 4.42 Å². The van der Waals surface area contributed by atoms with Gasteiger partial charge in [0.25, 0.3) is 0 Å². The van der Waals surface area contributed by atoms with E-state index in [2.05, 4.69) is 27.3 Å². The van der Waals surface area contributed by atoms with Gasteiger partial charge >= 0.3 is 83.2 Å². The molecule has 0 spiro atoms. The quantitative estimate of drug-likeness (QED) is 0.0966. The fourth-order valence-corrected chi connectivity index (χ4v) is 4.79. The number of halogens is 1. The Morgan fingerprint density at radius 3 is 1.67 bits per heavy atom. The van der Waals surface area contributed by atoms with Crippen LogP contribution in [0.3, 0.4) is 0 Å². The third-order valence-electron chi connectivity index (χ3n) is 5.89. The van der Waals surface area contributed by atoms with Crippen molar-refractivity contribution < 1.29 is 26.1 Å². The maximum atomic E-state index is 11.8. The molecular weight excluding hydrogens is 609 g/mol. The van der Waals surface area contributed by atoms with E-state index < -0.39 is 20.2 Å². The summed E-state index contributed by atoms with van der Waals surface area (Å²) in [5.74, 6) is 3.24. The summed E-state index contributed by atoms with van der Waals surface area (Å²) in [5.41, 5.74) is 4.23. The van der Waals surface area contributed by atoms with Gasteiger partial charge in [-0.2, -0.15) is 0 Å². The molecule has 1 heterocycles. The number of unbranched alkanes of at least 4 members (excludes halogenated alkanes) is 3. The number of hydrogen-bond donors (Lipinski definition) is 0. The van der Waals surface area contributed by atoms with E-state index in [9.17, 15) is 9.22 Å². The zero-order valence-corrected chi connectivity index (χ0v) is 25.0. The number of rotatable bonds is 11. The monoisotopic (exact) mass is 642 g/mol. The molecule has 0 saturated heterocycles. The van der Waals surface area contributed by atoms with Gasteiger partial charge in [-0.05, 0) is 54.1 Å². The number of methoxy groups -OCH3 is 2. The van der Waals surface area contributed by atoms with E-state index >= 15 is 0 Å². The second kappa shape index (κ2) is 15.5. The summed E-state index contributed by atoms with van der Waals surface area (Å²) in [6.45, 7) is 2.05. The Morgan fingerprint density at radius 2 is 1.23 bits per heavy atom. The topological polar surface area (TPSA) is 79.1 Å². The van der Waals surface area contributed by atoms with Gasteiger partial charge in [0.2, 0.25) is 0 Å². The molecule has 1 unspecified atom stereocenters. The first-order chi connectivity index (χ1) is 18.8. The van der Waals surface area contributed by atoms with Crippen molar-refractivity contribution in [1.82, 2.24) is 0 Å². The summed E-state index contributed by atoms with van der Waals surface area (Å²) in [5, 5.41) is 0. The molecule has 0 aliphatic heterocycles. The van der Waals surface area contributed by atoms with Crippen molar-refractivity contribution in [2.45, 2.75) is 32.6 Å². The Bertz CT molecular complexity index is 1260. The van der Waals surface area contributed by atoms with Gasteiger partial charge in [0.15, 0.2) is 0 Å². The molecule has 0 bridgehead atoms. The average molecular weight is 643 g/mol. The number of ether oxygens (including phenoxy) is 2. The van der Waals surface area contributed by atoms with Crippen molar-refractivity contribution in [3.05, 3.63) is 91.0 Å². The summed E-state index contributed by atoms with van der Waals surface area (Å²) in [6, 6.07) is 30.2. The van der Waals surface area contributed by atoms with Gasteiger partial charge in [-0.15, -0.1) is 0 Å². The van der Waals surface area contributed by atoms with Crippen molar-refractivity contribution in [3.63, 3.8) is 0 Å². The molecule has 1 aromatic heterocycles. The summed E-state index contributed by atoms with van der Waals surface area (Å²) in [4.78, 5) is 0. The smallest absolute Gasteiger partial charge is 0.361 e. The summed E-state index contributed by atoms with van der Waals surface area (Å²) < 4.78 is 52.4. The van der Waals surface area contributed by atoms with E-state index in [1.54, 1.807) is 14.2 Å². The van der Waals surface area contributed by atoms with Crippen LogP contribution in [0.2, 0.25) is 0 Å². The molecule has 1 atom stereocenters. The Balaban J connectivity index is 0.000000325. The molecule has 0 radical (unpaired) electrons. The first kappa shape index (κ1) is 30.4. The number of benzene rings is 3. The van der Waals surface area contributed by atoms with Crippen molar-refractivity contribution in [2.24, 2.45) is 0 Å². The van der Waals surface area contributed by atoms with Crippen molar-refractivity contribution in [2.75, 3.05) is 20.8 Å². The van der Waals surface area contributed by atoms with Crippen LogP contribution in [0.1, 0.15) is 32.6 Å². The molecule has 8 heteroatoms. The molecule has 4 aromatic rings. The van der Waals surface area contributed by atoms with E-state index in [1.165, 1.54) is 0 Å². The summed E-state index contributed by atoms with van der Waals surface area (Å²) >= 11 is -5.77. The van der Waals surface area contributed by atoms with E-state index in [0.29, 0.717) is 6.42 Å². The van der Waals surface area contributed by atoms with Crippen LogP contribution in [0, 0.1) is 0 Å². The Labute approximate surface area is 235 Å². The summed E-state index contributed by atoms with van der Waals surface area (Å²) in [6.07, 6.45) is 3.63. The van der Waals surface area contributed by atoms with Gasteiger partial charge in [0, 0.05) is 5.56 Å². The molecule has 0 aliphatic rings. The third-order valence-corrected chi connectivity index (χ3v) is 7.29. The standard InChI is InChI=1S/C25H21O3.C6H13O.FH.2O.Sb/c1-26-22-12-8-19(9-13-22)24-16-21(18-6-4-3-5-7-18)17-25(28-24)20-10-14-23(27-2)15-11-20;1-2-3-4-5-6-7;;;;/h3-17H,1-2H3;2-6H2,1H3;1H;;;/q+1;-1;;;-1;+2/p-1. The van der Waals surface area contributed by atoms with Crippen LogP contribution in [0.25, 0.3) is 33.8 Å². The minimum atomic E-state index is -5.77. The third kappa shape index (κ3) is 10.2. The molecule has 0 aliphatic carbocycles. The molecule has 4 rings (SSSR count). The largest absolute Gasteiger partial charge is 0.497 e. The molecule has 39 heavy (non-hydrogen) atoms. The van der Waals surface area contributed by atoms with E-state index in [0.717, 1.165) is 64.5 Å². The zero-order chi connectivity index (χ0) is 28.1. The second-order valence-corrected chi connectivity index (χ2v) is 11.9. The molecule has 0 fully saturated rings. The van der Waals surface area contributed by atoms with Crippen LogP contribution in [0.4, 0.5) is 2.81 Å². The molecule has 3 aromatic carbocycles. The first-order valence-corrected chi connectivity index (χ1v) is 16.9. The predicted octanol–water partition coefficient (Wildman–Crippen LogP) is 7.36. The molecule has 206 valence electrons. The maximum Gasteiger partial charge on any atom is 0.361 e. The minimum Gasteiger partial charge on any atom is -0.497 e. The molecule has 0 amide bonds. The van der Waals surface area contributed by atoms with E-state index in [-0.39, 0.29) is 6.61 Å². The minimum absolute atomic E-state index is 0.00903. The van der Waals surface area contributed by atoms with Gasteiger partial charge in [-0.1, -0.05) is 30.3 Å². The molecule has 0 N–H and O–H groups in total. The maximum absolute atomic E-state index is 11.8. The van der Waals surface area contributed by atoms with E-state index in [1.807, 2.05) is 73.7 Å². The fraction of sp³-hybridized carbons (Fsp3) is 0.258. The Hall–Kier alpha value is -3.12. The average Bonchev–Trinajstić information content (AvgIpc) is 2.97. The van der Waals surface area contributed by atoms with Gasteiger partial charge in [-0.3, -0.25) is 0 Å². The Kier molecular flexibility index (Phi) is 12.1. The van der Waals surface area contributed by atoms with Gasteiger partial charge in [0.05, 0.1) is 37.5 Å². The van der Waals surface area contributed by atoms with Crippen molar-refractivity contribution in [3.8, 4) is 45.3 Å². The van der Waals surface area contributed by atoms with E-state index in [4.69, 9.17) is 13.9 Å². The normalized spacial score (nSPS) is 12.1. The van der Waals surface area contributed by atoms with Gasteiger partial charge < -0.3 is 9.47 Å². The van der Waals surface area contributed by atoms with Crippen LogP contribution < -0.4 is 12.9 Å². The second-order valence-electron chi connectivity index (χ2n) is 8.72. The van der Waals surface area contributed by atoms with Crippen LogP contribution >= 0.6 is 0 Å². The summed E-state index contributed by atoms with van der Waals surface area (Å²) in [7, 11) is 3.33.